The fourth-order valence-corrected chi connectivity index (χ4v) is 4.78. The lowest BCUT2D eigenvalue weighted by atomic mass is 9.82. The Morgan fingerprint density at radius 3 is 1.62 bits per heavy atom. The van der Waals surface area contributed by atoms with Crippen LogP contribution >= 0.6 is 0 Å². The number of hydrogen-bond acceptors (Lipinski definition) is 1. The molecule has 1 heteroatoms. The van der Waals surface area contributed by atoms with Gasteiger partial charge in [-0.05, 0) is 43.4 Å². The summed E-state index contributed by atoms with van der Waals surface area (Å²) in [6, 6.07) is 0. The van der Waals surface area contributed by atoms with Gasteiger partial charge in [-0.3, -0.25) is 0 Å². The SMILES string of the molecule is NC1(C2CCCCCCC2)C2CCCCC21. The molecule has 0 amide bonds. The van der Waals surface area contributed by atoms with Crippen molar-refractivity contribution in [1.29, 1.82) is 0 Å². The van der Waals surface area contributed by atoms with Crippen LogP contribution in [0.15, 0.2) is 0 Å². The lowest BCUT2D eigenvalue weighted by molar-refractivity contribution is 0.285. The molecule has 16 heavy (non-hydrogen) atoms. The molecule has 0 aromatic carbocycles. The fraction of sp³-hybridized carbons (Fsp3) is 1.00. The Hall–Kier alpha value is -0.0400. The molecular formula is C15H27N. The molecule has 0 radical (unpaired) electrons. The van der Waals surface area contributed by atoms with E-state index in [0.29, 0.717) is 5.54 Å². The largest absolute Gasteiger partial charge is 0.324 e. The summed E-state index contributed by atoms with van der Waals surface area (Å²) >= 11 is 0. The minimum Gasteiger partial charge on any atom is -0.324 e. The molecule has 3 aliphatic rings. The van der Waals surface area contributed by atoms with Crippen molar-refractivity contribution in [2.24, 2.45) is 23.5 Å². The molecule has 2 unspecified atom stereocenters. The van der Waals surface area contributed by atoms with Gasteiger partial charge < -0.3 is 5.73 Å². The van der Waals surface area contributed by atoms with Gasteiger partial charge in [0.05, 0.1) is 0 Å². The van der Waals surface area contributed by atoms with Crippen molar-refractivity contribution < 1.29 is 0 Å². The highest BCUT2D eigenvalue weighted by atomic mass is 14.9. The second-order valence-electron chi connectivity index (χ2n) is 6.54. The summed E-state index contributed by atoms with van der Waals surface area (Å²) in [7, 11) is 0. The monoisotopic (exact) mass is 221 g/mol. The third kappa shape index (κ3) is 1.72. The molecule has 0 saturated heterocycles. The zero-order valence-corrected chi connectivity index (χ0v) is 10.6. The molecule has 0 bridgehead atoms. The van der Waals surface area contributed by atoms with Crippen molar-refractivity contribution in [3.05, 3.63) is 0 Å². The summed E-state index contributed by atoms with van der Waals surface area (Å²) in [6.07, 6.45) is 15.9. The Morgan fingerprint density at radius 2 is 1.06 bits per heavy atom. The van der Waals surface area contributed by atoms with Gasteiger partial charge in [-0.2, -0.15) is 0 Å². The molecule has 2 N–H and O–H groups in total. The molecule has 0 aromatic rings. The number of hydrogen-bond donors (Lipinski definition) is 1. The minimum absolute atomic E-state index is 0.299. The van der Waals surface area contributed by atoms with Crippen LogP contribution in [-0.2, 0) is 0 Å². The standard InChI is InChI=1S/C15H27N/c16-15(13-10-6-7-11-14(13)15)12-8-4-2-1-3-5-9-12/h12-14H,1-11,16H2. The highest BCUT2D eigenvalue weighted by Crippen LogP contribution is 2.62. The van der Waals surface area contributed by atoms with Gasteiger partial charge in [0.1, 0.15) is 0 Å². The highest BCUT2D eigenvalue weighted by Gasteiger charge is 2.64. The molecule has 1 nitrogen and oxygen atoms in total. The molecular weight excluding hydrogens is 194 g/mol. The van der Waals surface area contributed by atoms with E-state index in [1.165, 1.54) is 70.6 Å². The van der Waals surface area contributed by atoms with E-state index in [2.05, 4.69) is 0 Å². The first kappa shape index (κ1) is 11.1. The maximum absolute atomic E-state index is 6.79. The van der Waals surface area contributed by atoms with Crippen LogP contribution in [0.3, 0.4) is 0 Å². The fourth-order valence-electron chi connectivity index (χ4n) is 4.78. The number of rotatable bonds is 1. The summed E-state index contributed by atoms with van der Waals surface area (Å²) in [4.78, 5) is 0. The third-order valence-corrected chi connectivity index (χ3v) is 5.75. The van der Waals surface area contributed by atoms with Crippen LogP contribution in [-0.4, -0.2) is 5.54 Å². The molecule has 0 aromatic heterocycles. The van der Waals surface area contributed by atoms with Crippen LogP contribution in [0.5, 0.6) is 0 Å². The van der Waals surface area contributed by atoms with Crippen molar-refractivity contribution in [3.63, 3.8) is 0 Å². The van der Waals surface area contributed by atoms with Crippen LogP contribution < -0.4 is 5.73 Å². The van der Waals surface area contributed by atoms with Crippen LogP contribution in [0.1, 0.15) is 70.6 Å². The van der Waals surface area contributed by atoms with E-state index in [9.17, 15) is 0 Å². The molecule has 0 heterocycles. The molecule has 3 saturated carbocycles. The van der Waals surface area contributed by atoms with Crippen LogP contribution in [0, 0.1) is 17.8 Å². The lowest BCUT2D eigenvalue weighted by Crippen LogP contribution is -2.37. The Labute approximate surface area is 100 Å². The maximum atomic E-state index is 6.79. The topological polar surface area (TPSA) is 26.0 Å². The van der Waals surface area contributed by atoms with Gasteiger partial charge in [0, 0.05) is 5.54 Å². The van der Waals surface area contributed by atoms with Gasteiger partial charge in [-0.15, -0.1) is 0 Å². The normalized spacial score (nSPS) is 45.6. The van der Waals surface area contributed by atoms with Crippen LogP contribution in [0.4, 0.5) is 0 Å². The zero-order valence-electron chi connectivity index (χ0n) is 10.6. The quantitative estimate of drug-likeness (QED) is 0.715. The van der Waals surface area contributed by atoms with Gasteiger partial charge in [-0.1, -0.05) is 44.9 Å². The first-order valence-electron chi connectivity index (χ1n) is 7.62. The average Bonchev–Trinajstić information content (AvgIpc) is 2.86. The maximum Gasteiger partial charge on any atom is 0.0246 e. The highest BCUT2D eigenvalue weighted by molar-refractivity contribution is 5.19. The van der Waals surface area contributed by atoms with Crippen molar-refractivity contribution >= 4 is 0 Å². The Morgan fingerprint density at radius 1 is 0.625 bits per heavy atom. The van der Waals surface area contributed by atoms with Gasteiger partial charge in [-0.25, -0.2) is 0 Å². The van der Waals surface area contributed by atoms with Gasteiger partial charge >= 0.3 is 0 Å². The smallest absolute Gasteiger partial charge is 0.0246 e. The van der Waals surface area contributed by atoms with E-state index in [-0.39, 0.29) is 0 Å². The lowest BCUT2D eigenvalue weighted by Gasteiger charge is -2.27. The van der Waals surface area contributed by atoms with Crippen LogP contribution in [0.2, 0.25) is 0 Å². The summed E-state index contributed by atoms with van der Waals surface area (Å²) in [5.41, 5.74) is 7.09. The van der Waals surface area contributed by atoms with E-state index in [1.807, 2.05) is 0 Å². The second kappa shape index (κ2) is 4.33. The number of nitrogens with two attached hydrogens (primary N) is 1. The van der Waals surface area contributed by atoms with E-state index in [4.69, 9.17) is 5.73 Å². The summed E-state index contributed by atoms with van der Waals surface area (Å²) in [6.45, 7) is 0. The zero-order chi connectivity index (χ0) is 11.0. The van der Waals surface area contributed by atoms with Gasteiger partial charge in [0.2, 0.25) is 0 Å². The molecule has 0 spiro atoms. The van der Waals surface area contributed by atoms with Crippen molar-refractivity contribution in [3.8, 4) is 0 Å². The molecule has 92 valence electrons. The third-order valence-electron chi connectivity index (χ3n) is 5.75. The Bertz CT molecular complexity index is 228. The molecule has 2 atom stereocenters. The Kier molecular flexibility index (Phi) is 2.99. The molecule has 0 aliphatic heterocycles. The first-order valence-corrected chi connectivity index (χ1v) is 7.62. The molecule has 3 rings (SSSR count). The van der Waals surface area contributed by atoms with Crippen molar-refractivity contribution in [2.45, 2.75) is 76.2 Å². The summed E-state index contributed by atoms with van der Waals surface area (Å²) in [5, 5.41) is 0. The number of fused-ring (bicyclic) bond motifs is 1. The van der Waals surface area contributed by atoms with Crippen molar-refractivity contribution in [1.82, 2.24) is 0 Å². The van der Waals surface area contributed by atoms with Gasteiger partial charge in [0.25, 0.3) is 0 Å². The Balaban J connectivity index is 1.66. The first-order chi connectivity index (χ1) is 7.83. The second-order valence-corrected chi connectivity index (χ2v) is 6.54. The van der Waals surface area contributed by atoms with E-state index >= 15 is 0 Å². The molecule has 3 aliphatic carbocycles. The predicted octanol–water partition coefficient (Wildman–Crippen LogP) is 3.86. The van der Waals surface area contributed by atoms with Gasteiger partial charge in [0.15, 0.2) is 0 Å². The molecule has 3 fully saturated rings. The van der Waals surface area contributed by atoms with E-state index < -0.39 is 0 Å². The minimum atomic E-state index is 0.299. The van der Waals surface area contributed by atoms with Crippen molar-refractivity contribution in [2.75, 3.05) is 0 Å². The van der Waals surface area contributed by atoms with E-state index in [0.717, 1.165) is 17.8 Å². The summed E-state index contributed by atoms with van der Waals surface area (Å²) in [5.74, 6) is 2.72. The average molecular weight is 221 g/mol. The summed E-state index contributed by atoms with van der Waals surface area (Å²) < 4.78 is 0. The van der Waals surface area contributed by atoms with E-state index in [1.54, 1.807) is 0 Å². The van der Waals surface area contributed by atoms with Crippen LogP contribution in [0.25, 0.3) is 0 Å². The predicted molar refractivity (Wildman–Crippen MR) is 68.2 cm³/mol.